The summed E-state index contributed by atoms with van der Waals surface area (Å²) in [5.41, 5.74) is 2.64. The van der Waals surface area contributed by atoms with Crippen LogP contribution in [0.3, 0.4) is 0 Å². The molecule has 1 aliphatic heterocycles. The molecule has 0 aliphatic carbocycles. The number of urea groups is 1. The number of ether oxygens (including phenoxy) is 1. The third-order valence-electron chi connectivity index (χ3n) is 4.70. The van der Waals surface area contributed by atoms with E-state index in [1.165, 1.54) is 22.7 Å². The van der Waals surface area contributed by atoms with Crippen LogP contribution in [0.1, 0.15) is 29.8 Å². The van der Waals surface area contributed by atoms with Gasteiger partial charge in [-0.15, -0.1) is 0 Å². The predicted molar refractivity (Wildman–Crippen MR) is 99.4 cm³/mol. The first-order chi connectivity index (χ1) is 12.0. The summed E-state index contributed by atoms with van der Waals surface area (Å²) in [5, 5.41) is 3.40. The van der Waals surface area contributed by atoms with Crippen molar-refractivity contribution < 1.29 is 9.53 Å². The lowest BCUT2D eigenvalue weighted by Gasteiger charge is -2.32. The monoisotopic (exact) mass is 360 g/mol. The number of hydrogen-bond acceptors (Lipinski definition) is 5. The molecule has 2 amide bonds. The molecule has 7 heteroatoms. The number of amides is 2. The number of hydrogen-bond donors (Lipinski definition) is 1. The fourth-order valence-electron chi connectivity index (χ4n) is 3.19. The minimum absolute atomic E-state index is 0.0739. The van der Waals surface area contributed by atoms with Gasteiger partial charge in [0.2, 0.25) is 5.13 Å². The lowest BCUT2D eigenvalue weighted by Crippen LogP contribution is -2.41. The van der Waals surface area contributed by atoms with Crippen molar-refractivity contribution in [2.24, 2.45) is 5.92 Å². The van der Waals surface area contributed by atoms with Crippen LogP contribution in [0.25, 0.3) is 0 Å². The van der Waals surface area contributed by atoms with Gasteiger partial charge < -0.3 is 9.64 Å². The van der Waals surface area contributed by atoms with Crippen molar-refractivity contribution in [2.45, 2.75) is 33.1 Å². The van der Waals surface area contributed by atoms with Crippen molar-refractivity contribution in [3.05, 3.63) is 35.2 Å². The normalized spacial score (nSPS) is 15.2. The number of carbonyl (C=O) groups excluding carboxylic acids is 1. The van der Waals surface area contributed by atoms with Crippen LogP contribution < -0.4 is 10.1 Å². The second-order valence-corrected chi connectivity index (χ2v) is 7.26. The van der Waals surface area contributed by atoms with E-state index < -0.39 is 0 Å². The van der Waals surface area contributed by atoms with Crippen LogP contribution in [0, 0.1) is 19.8 Å². The quantitative estimate of drug-likeness (QED) is 0.904. The van der Waals surface area contributed by atoms with Crippen molar-refractivity contribution in [1.29, 1.82) is 0 Å². The molecule has 25 heavy (non-hydrogen) atoms. The summed E-state index contributed by atoms with van der Waals surface area (Å²) in [5.74, 6) is 2.20. The van der Waals surface area contributed by atoms with E-state index in [4.69, 9.17) is 4.74 Å². The third kappa shape index (κ3) is 4.48. The van der Waals surface area contributed by atoms with Gasteiger partial charge >= 0.3 is 6.03 Å². The molecule has 1 fully saturated rings. The maximum Gasteiger partial charge on any atom is 0.323 e. The Morgan fingerprint density at radius 2 is 2.12 bits per heavy atom. The average molecular weight is 360 g/mol. The Bertz CT molecular complexity index is 738. The number of aryl methyl sites for hydroxylation is 2. The Kier molecular flexibility index (Phi) is 5.53. The number of methoxy groups -OCH3 is 1. The Hall–Kier alpha value is -2.15. The summed E-state index contributed by atoms with van der Waals surface area (Å²) in [6, 6.07) is 6.19. The molecule has 6 nitrogen and oxygen atoms in total. The molecule has 2 heterocycles. The maximum atomic E-state index is 12.3. The minimum atomic E-state index is -0.0739. The SMILES string of the molecule is COc1ccc(CC2CCN(C(=O)Nc3nc(C)ns3)CC2)c(C)c1. The van der Waals surface area contributed by atoms with E-state index in [0.29, 0.717) is 16.9 Å². The van der Waals surface area contributed by atoms with Gasteiger partial charge in [0.1, 0.15) is 11.6 Å². The third-order valence-corrected chi connectivity index (χ3v) is 5.42. The van der Waals surface area contributed by atoms with Crippen molar-refractivity contribution in [1.82, 2.24) is 14.3 Å². The zero-order valence-corrected chi connectivity index (χ0v) is 15.7. The van der Waals surface area contributed by atoms with Crippen LogP contribution in [0.15, 0.2) is 18.2 Å². The van der Waals surface area contributed by atoms with Crippen LogP contribution in [0.4, 0.5) is 9.93 Å². The van der Waals surface area contributed by atoms with E-state index in [9.17, 15) is 4.79 Å². The fraction of sp³-hybridized carbons (Fsp3) is 0.500. The number of benzene rings is 1. The van der Waals surface area contributed by atoms with Gasteiger partial charge in [-0.3, -0.25) is 5.32 Å². The molecular formula is C18H24N4O2S. The topological polar surface area (TPSA) is 67.3 Å². The largest absolute Gasteiger partial charge is 0.497 e. The Morgan fingerprint density at radius 1 is 1.36 bits per heavy atom. The molecule has 1 aromatic heterocycles. The van der Waals surface area contributed by atoms with Gasteiger partial charge in [0.25, 0.3) is 0 Å². The van der Waals surface area contributed by atoms with Gasteiger partial charge in [0.15, 0.2) is 0 Å². The molecule has 1 N–H and O–H groups in total. The highest BCUT2D eigenvalue weighted by Gasteiger charge is 2.24. The minimum Gasteiger partial charge on any atom is -0.497 e. The van der Waals surface area contributed by atoms with Crippen LogP contribution in [0.2, 0.25) is 0 Å². The summed E-state index contributed by atoms with van der Waals surface area (Å²) < 4.78 is 9.35. The second kappa shape index (κ2) is 7.82. The molecule has 0 saturated carbocycles. The molecule has 0 atom stereocenters. The molecule has 0 bridgehead atoms. The first-order valence-electron chi connectivity index (χ1n) is 8.55. The number of aromatic nitrogens is 2. The zero-order valence-electron chi connectivity index (χ0n) is 14.9. The number of likely N-dealkylation sites (tertiary alicyclic amines) is 1. The highest BCUT2D eigenvalue weighted by Crippen LogP contribution is 2.25. The van der Waals surface area contributed by atoms with Gasteiger partial charge in [-0.25, -0.2) is 9.78 Å². The van der Waals surface area contributed by atoms with Crippen LogP contribution in [0.5, 0.6) is 5.75 Å². The number of rotatable bonds is 4. The Morgan fingerprint density at radius 3 is 2.72 bits per heavy atom. The number of nitrogens with zero attached hydrogens (tertiary/aromatic N) is 3. The molecule has 1 aromatic carbocycles. The highest BCUT2D eigenvalue weighted by atomic mass is 32.1. The predicted octanol–water partition coefficient (Wildman–Crippen LogP) is 3.65. The van der Waals surface area contributed by atoms with Gasteiger partial charge in [-0.05, 0) is 62.3 Å². The Labute approximate surface area is 152 Å². The molecular weight excluding hydrogens is 336 g/mol. The standard InChI is InChI=1S/C18H24N4O2S/c1-12-10-16(24-3)5-4-15(12)11-14-6-8-22(9-7-14)18(23)20-17-19-13(2)21-25-17/h4-5,10,14H,6-9,11H2,1-3H3,(H,19,20,21,23). The molecule has 134 valence electrons. The molecule has 3 rings (SSSR count). The van der Waals surface area contributed by atoms with E-state index in [0.717, 1.165) is 38.1 Å². The molecule has 0 radical (unpaired) electrons. The Balaban J connectivity index is 1.50. The highest BCUT2D eigenvalue weighted by molar-refractivity contribution is 7.09. The lowest BCUT2D eigenvalue weighted by molar-refractivity contribution is 0.182. The van der Waals surface area contributed by atoms with Crippen molar-refractivity contribution >= 4 is 22.7 Å². The van der Waals surface area contributed by atoms with Gasteiger partial charge in [-0.1, -0.05) is 6.07 Å². The zero-order chi connectivity index (χ0) is 17.8. The van der Waals surface area contributed by atoms with Gasteiger partial charge in [0, 0.05) is 24.6 Å². The van der Waals surface area contributed by atoms with Crippen LogP contribution in [-0.4, -0.2) is 40.5 Å². The average Bonchev–Trinajstić information content (AvgIpc) is 3.02. The fourth-order valence-corrected chi connectivity index (χ4v) is 3.76. The van der Waals surface area contributed by atoms with E-state index in [2.05, 4.69) is 33.7 Å². The number of carbonyl (C=O) groups is 1. The first kappa shape index (κ1) is 17.7. The molecule has 0 unspecified atom stereocenters. The molecule has 0 spiro atoms. The number of piperidine rings is 1. The van der Waals surface area contributed by atoms with Crippen LogP contribution in [-0.2, 0) is 6.42 Å². The van der Waals surface area contributed by atoms with E-state index >= 15 is 0 Å². The molecule has 1 aliphatic rings. The molecule has 2 aromatic rings. The lowest BCUT2D eigenvalue weighted by atomic mass is 9.88. The van der Waals surface area contributed by atoms with E-state index in [-0.39, 0.29) is 6.03 Å². The molecule has 1 saturated heterocycles. The van der Waals surface area contributed by atoms with Crippen LogP contribution >= 0.6 is 11.5 Å². The number of nitrogens with one attached hydrogen (secondary N) is 1. The number of anilines is 1. The first-order valence-corrected chi connectivity index (χ1v) is 9.32. The van der Waals surface area contributed by atoms with E-state index in [1.807, 2.05) is 17.9 Å². The summed E-state index contributed by atoms with van der Waals surface area (Å²) in [7, 11) is 1.69. The van der Waals surface area contributed by atoms with Crippen molar-refractivity contribution in [3.8, 4) is 5.75 Å². The second-order valence-electron chi connectivity index (χ2n) is 6.50. The van der Waals surface area contributed by atoms with Crippen molar-refractivity contribution in [2.75, 3.05) is 25.5 Å². The maximum absolute atomic E-state index is 12.3. The summed E-state index contributed by atoms with van der Waals surface area (Å²) in [4.78, 5) is 18.4. The smallest absolute Gasteiger partial charge is 0.323 e. The van der Waals surface area contributed by atoms with E-state index in [1.54, 1.807) is 7.11 Å². The van der Waals surface area contributed by atoms with Gasteiger partial charge in [0.05, 0.1) is 7.11 Å². The summed E-state index contributed by atoms with van der Waals surface area (Å²) >= 11 is 1.22. The van der Waals surface area contributed by atoms with Crippen molar-refractivity contribution in [3.63, 3.8) is 0 Å². The van der Waals surface area contributed by atoms with Gasteiger partial charge in [-0.2, -0.15) is 4.37 Å². The summed E-state index contributed by atoms with van der Waals surface area (Å²) in [6.07, 6.45) is 3.10. The summed E-state index contributed by atoms with van der Waals surface area (Å²) in [6.45, 7) is 5.51.